The van der Waals surface area contributed by atoms with Gasteiger partial charge in [0.15, 0.2) is 0 Å². The van der Waals surface area contributed by atoms with Crippen molar-refractivity contribution in [2.75, 3.05) is 0 Å². The van der Waals surface area contributed by atoms with Crippen LogP contribution in [-0.4, -0.2) is 6.04 Å². The molecule has 1 rings (SSSR count). The SMILES string of the molecule is C#CC(CC)NCc1ccc(C(C)(C)C)cc1. The number of rotatable bonds is 4. The Labute approximate surface area is 106 Å². The molecule has 92 valence electrons. The standard InChI is InChI=1S/C16H23N/c1-6-15(7-2)17-12-13-8-10-14(11-9-13)16(3,4)5/h1,8-11,15,17H,7,12H2,2-5H3. The van der Waals surface area contributed by atoms with Crippen LogP contribution in [0.15, 0.2) is 24.3 Å². The van der Waals surface area contributed by atoms with Gasteiger partial charge in [0.05, 0.1) is 6.04 Å². The molecule has 0 radical (unpaired) electrons. The molecule has 17 heavy (non-hydrogen) atoms. The highest BCUT2D eigenvalue weighted by atomic mass is 14.9. The number of terminal acetylenes is 1. The Kier molecular flexibility index (Phi) is 4.78. The van der Waals surface area contributed by atoms with Crippen LogP contribution in [0.2, 0.25) is 0 Å². The maximum absolute atomic E-state index is 5.42. The maximum atomic E-state index is 5.42. The Hall–Kier alpha value is -1.26. The van der Waals surface area contributed by atoms with Gasteiger partial charge in [0, 0.05) is 6.54 Å². The summed E-state index contributed by atoms with van der Waals surface area (Å²) in [6.45, 7) is 9.62. The summed E-state index contributed by atoms with van der Waals surface area (Å²) >= 11 is 0. The van der Waals surface area contributed by atoms with E-state index in [4.69, 9.17) is 6.42 Å². The van der Waals surface area contributed by atoms with Crippen LogP contribution in [0.25, 0.3) is 0 Å². The van der Waals surface area contributed by atoms with Crippen LogP contribution in [0.3, 0.4) is 0 Å². The third-order valence-electron chi connectivity index (χ3n) is 2.98. The summed E-state index contributed by atoms with van der Waals surface area (Å²) in [6.07, 6.45) is 6.38. The van der Waals surface area contributed by atoms with Gasteiger partial charge in [0.1, 0.15) is 0 Å². The molecule has 0 spiro atoms. The lowest BCUT2D eigenvalue weighted by Crippen LogP contribution is -2.26. The average molecular weight is 229 g/mol. The van der Waals surface area contributed by atoms with Crippen LogP contribution >= 0.6 is 0 Å². The minimum atomic E-state index is 0.178. The Morgan fingerprint density at radius 3 is 2.24 bits per heavy atom. The molecular formula is C16H23N. The van der Waals surface area contributed by atoms with Gasteiger partial charge in [-0.05, 0) is 23.0 Å². The van der Waals surface area contributed by atoms with Gasteiger partial charge in [-0.15, -0.1) is 6.42 Å². The molecule has 1 nitrogen and oxygen atoms in total. The minimum Gasteiger partial charge on any atom is -0.300 e. The minimum absolute atomic E-state index is 0.178. The van der Waals surface area contributed by atoms with Crippen LogP contribution in [0, 0.1) is 12.3 Å². The van der Waals surface area contributed by atoms with Crippen molar-refractivity contribution in [2.45, 2.75) is 52.1 Å². The van der Waals surface area contributed by atoms with Crippen molar-refractivity contribution >= 4 is 0 Å². The third-order valence-corrected chi connectivity index (χ3v) is 2.98. The largest absolute Gasteiger partial charge is 0.300 e. The van der Waals surface area contributed by atoms with Crippen LogP contribution < -0.4 is 5.32 Å². The first-order valence-corrected chi connectivity index (χ1v) is 6.26. The Bertz CT molecular complexity index is 375. The van der Waals surface area contributed by atoms with Crippen LogP contribution in [0.5, 0.6) is 0 Å². The van der Waals surface area contributed by atoms with Gasteiger partial charge in [-0.1, -0.05) is 57.9 Å². The molecule has 0 heterocycles. The number of hydrogen-bond donors (Lipinski definition) is 1. The summed E-state index contributed by atoms with van der Waals surface area (Å²) in [5.41, 5.74) is 2.87. The lowest BCUT2D eigenvalue weighted by atomic mass is 9.87. The summed E-state index contributed by atoms with van der Waals surface area (Å²) in [4.78, 5) is 0. The van der Waals surface area contributed by atoms with Gasteiger partial charge in [0.25, 0.3) is 0 Å². The van der Waals surface area contributed by atoms with E-state index < -0.39 is 0 Å². The number of nitrogens with one attached hydrogen (secondary N) is 1. The van der Waals surface area contributed by atoms with E-state index in [2.05, 4.69) is 63.2 Å². The van der Waals surface area contributed by atoms with Crippen LogP contribution in [-0.2, 0) is 12.0 Å². The van der Waals surface area contributed by atoms with E-state index in [1.54, 1.807) is 0 Å². The molecule has 1 aromatic carbocycles. The first kappa shape index (κ1) is 13.8. The summed E-state index contributed by atoms with van der Waals surface area (Å²) in [6, 6.07) is 8.94. The normalized spacial score (nSPS) is 13.1. The van der Waals surface area contributed by atoms with Gasteiger partial charge >= 0.3 is 0 Å². The van der Waals surface area contributed by atoms with Crippen molar-refractivity contribution in [3.63, 3.8) is 0 Å². The predicted octanol–water partition coefficient (Wildman–Crippen LogP) is 3.49. The molecule has 1 N–H and O–H groups in total. The summed E-state index contributed by atoms with van der Waals surface area (Å²) < 4.78 is 0. The zero-order chi connectivity index (χ0) is 12.9. The molecule has 0 amide bonds. The van der Waals surface area contributed by atoms with Crippen LogP contribution in [0.4, 0.5) is 0 Å². The van der Waals surface area contributed by atoms with Gasteiger partial charge in [-0.2, -0.15) is 0 Å². The molecule has 0 fully saturated rings. The summed E-state index contributed by atoms with van der Waals surface area (Å²) in [7, 11) is 0. The second-order valence-corrected chi connectivity index (χ2v) is 5.46. The first-order chi connectivity index (χ1) is 7.97. The molecule has 0 aliphatic heterocycles. The van der Waals surface area contributed by atoms with E-state index in [1.807, 2.05) is 0 Å². The number of hydrogen-bond acceptors (Lipinski definition) is 1. The molecule has 0 bridgehead atoms. The fourth-order valence-electron chi connectivity index (χ4n) is 1.68. The zero-order valence-electron chi connectivity index (χ0n) is 11.4. The molecule has 0 saturated carbocycles. The molecular weight excluding hydrogens is 206 g/mol. The van der Waals surface area contributed by atoms with E-state index in [0.717, 1.165) is 13.0 Å². The lowest BCUT2D eigenvalue weighted by Gasteiger charge is -2.19. The van der Waals surface area contributed by atoms with E-state index in [9.17, 15) is 0 Å². The lowest BCUT2D eigenvalue weighted by molar-refractivity contribution is 0.584. The monoisotopic (exact) mass is 229 g/mol. The number of benzene rings is 1. The Balaban J connectivity index is 2.61. The topological polar surface area (TPSA) is 12.0 Å². The van der Waals surface area contributed by atoms with E-state index in [0.29, 0.717) is 0 Å². The van der Waals surface area contributed by atoms with Crippen molar-refractivity contribution in [3.8, 4) is 12.3 Å². The van der Waals surface area contributed by atoms with E-state index in [1.165, 1.54) is 11.1 Å². The highest BCUT2D eigenvalue weighted by Crippen LogP contribution is 2.22. The molecule has 0 aliphatic carbocycles. The molecule has 0 saturated heterocycles. The second-order valence-electron chi connectivity index (χ2n) is 5.46. The van der Waals surface area contributed by atoms with Gasteiger partial charge < -0.3 is 0 Å². The van der Waals surface area contributed by atoms with Crippen LogP contribution in [0.1, 0.15) is 45.2 Å². The van der Waals surface area contributed by atoms with E-state index in [-0.39, 0.29) is 11.5 Å². The molecule has 1 atom stereocenters. The summed E-state index contributed by atoms with van der Waals surface area (Å²) in [5, 5.41) is 3.36. The van der Waals surface area contributed by atoms with Crippen molar-refractivity contribution in [2.24, 2.45) is 0 Å². The molecule has 0 aliphatic rings. The molecule has 1 aromatic rings. The van der Waals surface area contributed by atoms with Gasteiger partial charge in [0.2, 0.25) is 0 Å². The second kappa shape index (κ2) is 5.89. The average Bonchev–Trinajstić information content (AvgIpc) is 2.30. The van der Waals surface area contributed by atoms with Crippen molar-refractivity contribution in [1.29, 1.82) is 0 Å². The van der Waals surface area contributed by atoms with Gasteiger partial charge in [-0.25, -0.2) is 0 Å². The highest BCUT2D eigenvalue weighted by molar-refractivity contribution is 5.27. The molecule has 0 aromatic heterocycles. The first-order valence-electron chi connectivity index (χ1n) is 6.26. The third kappa shape index (κ3) is 4.24. The summed E-state index contributed by atoms with van der Waals surface area (Å²) in [5.74, 6) is 2.75. The maximum Gasteiger partial charge on any atom is 0.0686 e. The zero-order valence-corrected chi connectivity index (χ0v) is 11.4. The fourth-order valence-corrected chi connectivity index (χ4v) is 1.68. The van der Waals surface area contributed by atoms with Crippen molar-refractivity contribution in [3.05, 3.63) is 35.4 Å². The Morgan fingerprint density at radius 2 is 1.82 bits per heavy atom. The van der Waals surface area contributed by atoms with Crippen molar-refractivity contribution in [1.82, 2.24) is 5.32 Å². The highest BCUT2D eigenvalue weighted by Gasteiger charge is 2.12. The molecule has 1 unspecified atom stereocenters. The van der Waals surface area contributed by atoms with Crippen molar-refractivity contribution < 1.29 is 0 Å². The molecule has 1 heteroatoms. The fraction of sp³-hybridized carbons (Fsp3) is 0.500. The Morgan fingerprint density at radius 1 is 1.24 bits per heavy atom. The predicted molar refractivity (Wildman–Crippen MR) is 74.9 cm³/mol. The van der Waals surface area contributed by atoms with Gasteiger partial charge in [-0.3, -0.25) is 5.32 Å². The quantitative estimate of drug-likeness (QED) is 0.779. The van der Waals surface area contributed by atoms with E-state index >= 15 is 0 Å². The smallest absolute Gasteiger partial charge is 0.0686 e.